The highest BCUT2D eigenvalue weighted by Crippen LogP contribution is 2.47. The number of thioether (sulfide) groups is 1. The van der Waals surface area contributed by atoms with Crippen molar-refractivity contribution < 1.29 is 0 Å². The molecular formula is C13H24S. The van der Waals surface area contributed by atoms with Crippen molar-refractivity contribution >= 4 is 11.8 Å². The molecule has 0 amide bonds. The zero-order chi connectivity index (χ0) is 9.97. The highest BCUT2D eigenvalue weighted by molar-refractivity contribution is 8.00. The molecule has 0 N–H and O–H groups in total. The Morgan fingerprint density at radius 1 is 1.07 bits per heavy atom. The van der Waals surface area contributed by atoms with Crippen molar-refractivity contribution in [3.63, 3.8) is 0 Å². The highest BCUT2D eigenvalue weighted by Gasteiger charge is 2.36. The quantitative estimate of drug-likeness (QED) is 0.650. The summed E-state index contributed by atoms with van der Waals surface area (Å²) in [6.07, 6.45) is 10.4. The van der Waals surface area contributed by atoms with Crippen LogP contribution in [0.25, 0.3) is 0 Å². The van der Waals surface area contributed by atoms with E-state index in [1.807, 2.05) is 0 Å². The normalized spacial score (nSPS) is 43.3. The summed E-state index contributed by atoms with van der Waals surface area (Å²) < 4.78 is 0. The molecule has 82 valence electrons. The zero-order valence-electron chi connectivity index (χ0n) is 9.67. The zero-order valence-corrected chi connectivity index (χ0v) is 10.5. The van der Waals surface area contributed by atoms with Crippen LogP contribution >= 0.6 is 11.8 Å². The van der Waals surface area contributed by atoms with Crippen LogP contribution in [0.15, 0.2) is 0 Å². The molecule has 0 aromatic carbocycles. The van der Waals surface area contributed by atoms with E-state index in [9.17, 15) is 0 Å². The molecular weight excluding hydrogens is 188 g/mol. The second-order valence-corrected chi connectivity index (χ2v) is 6.55. The predicted molar refractivity (Wildman–Crippen MR) is 65.8 cm³/mol. The van der Waals surface area contributed by atoms with Crippen molar-refractivity contribution in [1.82, 2.24) is 0 Å². The fraction of sp³-hybridized carbons (Fsp3) is 1.00. The van der Waals surface area contributed by atoms with Gasteiger partial charge >= 0.3 is 0 Å². The molecule has 0 aromatic heterocycles. The van der Waals surface area contributed by atoms with E-state index in [0.29, 0.717) is 0 Å². The van der Waals surface area contributed by atoms with Crippen molar-refractivity contribution in [2.45, 2.75) is 69.3 Å². The van der Waals surface area contributed by atoms with Crippen LogP contribution in [-0.4, -0.2) is 10.5 Å². The van der Waals surface area contributed by atoms with Gasteiger partial charge in [0.25, 0.3) is 0 Å². The molecule has 2 rings (SSSR count). The minimum atomic E-state index is 0.986. The van der Waals surface area contributed by atoms with E-state index in [0.717, 1.165) is 22.3 Å². The molecule has 0 aromatic rings. The van der Waals surface area contributed by atoms with E-state index in [2.05, 4.69) is 25.6 Å². The average molecular weight is 212 g/mol. The Bertz CT molecular complexity index is 154. The Morgan fingerprint density at radius 3 is 2.57 bits per heavy atom. The van der Waals surface area contributed by atoms with Crippen LogP contribution in [0.3, 0.4) is 0 Å². The SMILES string of the molecule is CCC1CC2CCCCC2SC1CC. The molecule has 1 aliphatic heterocycles. The number of hydrogen-bond donors (Lipinski definition) is 0. The van der Waals surface area contributed by atoms with E-state index in [-0.39, 0.29) is 0 Å². The summed E-state index contributed by atoms with van der Waals surface area (Å²) in [4.78, 5) is 0. The van der Waals surface area contributed by atoms with Gasteiger partial charge in [-0.3, -0.25) is 0 Å². The van der Waals surface area contributed by atoms with Crippen molar-refractivity contribution in [3.05, 3.63) is 0 Å². The van der Waals surface area contributed by atoms with Gasteiger partial charge in [0.15, 0.2) is 0 Å². The van der Waals surface area contributed by atoms with Crippen molar-refractivity contribution in [3.8, 4) is 0 Å². The summed E-state index contributed by atoms with van der Waals surface area (Å²) in [7, 11) is 0. The van der Waals surface area contributed by atoms with E-state index in [1.54, 1.807) is 6.42 Å². The second-order valence-electron chi connectivity index (χ2n) is 5.07. The smallest absolute Gasteiger partial charge is 0.00783 e. The van der Waals surface area contributed by atoms with Crippen LogP contribution in [0.1, 0.15) is 58.8 Å². The van der Waals surface area contributed by atoms with Crippen LogP contribution in [-0.2, 0) is 0 Å². The standard InChI is InChI=1S/C13H24S/c1-3-10-9-11-7-5-6-8-13(11)14-12(10)4-2/h10-13H,3-9H2,1-2H3. The summed E-state index contributed by atoms with van der Waals surface area (Å²) in [5.74, 6) is 2.12. The molecule has 1 aliphatic carbocycles. The third kappa shape index (κ3) is 2.13. The minimum Gasteiger partial charge on any atom is -0.155 e. The molecule has 0 radical (unpaired) electrons. The van der Waals surface area contributed by atoms with E-state index >= 15 is 0 Å². The van der Waals surface area contributed by atoms with Crippen LogP contribution in [0.2, 0.25) is 0 Å². The first kappa shape index (κ1) is 10.9. The summed E-state index contributed by atoms with van der Waals surface area (Å²) in [5, 5.41) is 2.02. The van der Waals surface area contributed by atoms with Crippen molar-refractivity contribution in [2.75, 3.05) is 0 Å². The van der Waals surface area contributed by atoms with Gasteiger partial charge in [0.1, 0.15) is 0 Å². The fourth-order valence-electron chi connectivity index (χ4n) is 3.36. The van der Waals surface area contributed by atoms with Crippen LogP contribution in [0.4, 0.5) is 0 Å². The third-order valence-electron chi connectivity index (χ3n) is 4.25. The van der Waals surface area contributed by atoms with Gasteiger partial charge in [0.2, 0.25) is 0 Å². The van der Waals surface area contributed by atoms with Gasteiger partial charge in [-0.25, -0.2) is 0 Å². The van der Waals surface area contributed by atoms with Crippen LogP contribution < -0.4 is 0 Å². The van der Waals surface area contributed by atoms with Gasteiger partial charge in [0, 0.05) is 10.5 Å². The number of rotatable bonds is 2. The van der Waals surface area contributed by atoms with Gasteiger partial charge in [-0.15, -0.1) is 0 Å². The van der Waals surface area contributed by atoms with Crippen LogP contribution in [0.5, 0.6) is 0 Å². The lowest BCUT2D eigenvalue weighted by Crippen LogP contribution is -2.35. The molecule has 14 heavy (non-hydrogen) atoms. The Morgan fingerprint density at radius 2 is 1.86 bits per heavy atom. The molecule has 0 spiro atoms. The molecule has 2 aliphatic rings. The monoisotopic (exact) mass is 212 g/mol. The summed E-state index contributed by atoms with van der Waals surface area (Å²) in [6.45, 7) is 4.76. The lowest BCUT2D eigenvalue weighted by Gasteiger charge is -2.43. The minimum absolute atomic E-state index is 0.986. The fourth-order valence-corrected chi connectivity index (χ4v) is 5.30. The van der Waals surface area contributed by atoms with Gasteiger partial charge in [-0.05, 0) is 37.5 Å². The Balaban J connectivity index is 1.98. The van der Waals surface area contributed by atoms with E-state index in [1.165, 1.54) is 38.5 Å². The van der Waals surface area contributed by atoms with E-state index < -0.39 is 0 Å². The number of fused-ring (bicyclic) bond motifs is 1. The van der Waals surface area contributed by atoms with Crippen molar-refractivity contribution in [1.29, 1.82) is 0 Å². The third-order valence-corrected chi connectivity index (χ3v) is 6.28. The van der Waals surface area contributed by atoms with E-state index in [4.69, 9.17) is 0 Å². The molecule has 4 atom stereocenters. The first-order chi connectivity index (χ1) is 6.85. The molecule has 1 heterocycles. The lowest BCUT2D eigenvalue weighted by atomic mass is 9.79. The maximum Gasteiger partial charge on any atom is 0.00783 e. The molecule has 4 unspecified atom stereocenters. The largest absolute Gasteiger partial charge is 0.155 e. The van der Waals surface area contributed by atoms with Gasteiger partial charge in [-0.2, -0.15) is 11.8 Å². The molecule has 1 saturated carbocycles. The van der Waals surface area contributed by atoms with Crippen LogP contribution in [0, 0.1) is 11.8 Å². The highest BCUT2D eigenvalue weighted by atomic mass is 32.2. The molecule has 0 nitrogen and oxygen atoms in total. The average Bonchev–Trinajstić information content (AvgIpc) is 2.27. The first-order valence-corrected chi connectivity index (χ1v) is 7.44. The van der Waals surface area contributed by atoms with Crippen molar-refractivity contribution in [2.24, 2.45) is 11.8 Å². The van der Waals surface area contributed by atoms with Gasteiger partial charge in [0.05, 0.1) is 0 Å². The maximum atomic E-state index is 2.39. The molecule has 0 bridgehead atoms. The molecule has 2 fully saturated rings. The Kier molecular flexibility index (Phi) is 3.81. The Labute approximate surface area is 93.2 Å². The maximum absolute atomic E-state index is 2.39. The lowest BCUT2D eigenvalue weighted by molar-refractivity contribution is 0.267. The van der Waals surface area contributed by atoms with Gasteiger partial charge < -0.3 is 0 Å². The Hall–Kier alpha value is 0.350. The first-order valence-electron chi connectivity index (χ1n) is 6.50. The summed E-state index contributed by atoms with van der Waals surface area (Å²) in [6, 6.07) is 0. The summed E-state index contributed by atoms with van der Waals surface area (Å²) >= 11 is 2.35. The summed E-state index contributed by atoms with van der Waals surface area (Å²) in [5.41, 5.74) is 0. The predicted octanol–water partition coefficient (Wildman–Crippen LogP) is 4.49. The molecule has 1 heteroatoms. The number of hydrogen-bond acceptors (Lipinski definition) is 1. The van der Waals surface area contributed by atoms with Gasteiger partial charge in [-0.1, -0.05) is 33.1 Å². The second kappa shape index (κ2) is 4.92. The topological polar surface area (TPSA) is 0 Å². The molecule has 1 saturated heterocycles.